The molecule has 0 aliphatic carbocycles. The Balaban J connectivity index is 1.72. The van der Waals surface area contributed by atoms with E-state index in [0.29, 0.717) is 11.8 Å². The van der Waals surface area contributed by atoms with Crippen LogP contribution < -0.4 is 0 Å². The van der Waals surface area contributed by atoms with Crippen LogP contribution in [-0.2, 0) is 6.54 Å². The first-order valence-corrected chi connectivity index (χ1v) is 8.10. The second-order valence-corrected chi connectivity index (χ2v) is 6.57. The Kier molecular flexibility index (Phi) is 3.95. The molecule has 0 spiro atoms. The number of hydrogen-bond acceptors (Lipinski definition) is 6. The number of rotatable bonds is 5. The second kappa shape index (κ2) is 5.87. The van der Waals surface area contributed by atoms with Gasteiger partial charge in [-0.1, -0.05) is 12.1 Å². The maximum Gasteiger partial charge on any atom is 0.257 e. The van der Waals surface area contributed by atoms with Crippen molar-refractivity contribution in [1.29, 1.82) is 0 Å². The summed E-state index contributed by atoms with van der Waals surface area (Å²) >= 11 is 3.37. The average molecular weight is 305 g/mol. The second-order valence-electron chi connectivity index (χ2n) is 4.59. The summed E-state index contributed by atoms with van der Waals surface area (Å²) in [6.07, 6.45) is 0. The van der Waals surface area contributed by atoms with Gasteiger partial charge in [-0.05, 0) is 36.9 Å². The van der Waals surface area contributed by atoms with Gasteiger partial charge < -0.3 is 4.42 Å². The molecule has 20 heavy (non-hydrogen) atoms. The Labute approximate surface area is 125 Å². The lowest BCUT2D eigenvalue weighted by Crippen LogP contribution is -2.21. The molecular weight excluding hydrogens is 290 g/mol. The molecule has 3 heterocycles. The van der Waals surface area contributed by atoms with Crippen molar-refractivity contribution in [2.45, 2.75) is 19.5 Å². The van der Waals surface area contributed by atoms with E-state index in [1.807, 2.05) is 17.5 Å². The fourth-order valence-corrected chi connectivity index (χ4v) is 3.29. The summed E-state index contributed by atoms with van der Waals surface area (Å²) in [5, 5.41) is 12.4. The van der Waals surface area contributed by atoms with E-state index in [4.69, 9.17) is 4.42 Å². The van der Waals surface area contributed by atoms with Crippen molar-refractivity contribution in [2.75, 3.05) is 7.05 Å². The highest BCUT2D eigenvalue weighted by molar-refractivity contribution is 7.13. The highest BCUT2D eigenvalue weighted by Crippen LogP contribution is 2.27. The first kappa shape index (κ1) is 13.5. The summed E-state index contributed by atoms with van der Waals surface area (Å²) in [6, 6.07) is 8.27. The Morgan fingerprint density at radius 1 is 1.20 bits per heavy atom. The zero-order valence-electron chi connectivity index (χ0n) is 11.3. The molecule has 0 fully saturated rings. The van der Waals surface area contributed by atoms with Crippen LogP contribution in [0.4, 0.5) is 0 Å². The predicted octanol–water partition coefficient (Wildman–Crippen LogP) is 4.05. The summed E-state index contributed by atoms with van der Waals surface area (Å²) in [5.41, 5.74) is 0. The SMILES string of the molecule is CC(c1nnc(-c2cccs2)o1)N(C)Cc1cccs1. The average Bonchev–Trinajstić information content (AvgIpc) is 3.18. The molecule has 0 N–H and O–H groups in total. The molecule has 0 aliphatic rings. The van der Waals surface area contributed by atoms with Gasteiger partial charge >= 0.3 is 0 Å². The maximum atomic E-state index is 5.78. The highest BCUT2D eigenvalue weighted by atomic mass is 32.1. The maximum absolute atomic E-state index is 5.78. The van der Waals surface area contributed by atoms with Gasteiger partial charge in [-0.15, -0.1) is 32.9 Å². The minimum absolute atomic E-state index is 0.0957. The van der Waals surface area contributed by atoms with Crippen LogP contribution in [0.25, 0.3) is 10.8 Å². The Morgan fingerprint density at radius 2 is 2.00 bits per heavy atom. The van der Waals surface area contributed by atoms with E-state index < -0.39 is 0 Å². The minimum atomic E-state index is 0.0957. The molecule has 0 aromatic carbocycles. The van der Waals surface area contributed by atoms with Crippen molar-refractivity contribution in [3.63, 3.8) is 0 Å². The molecule has 0 saturated carbocycles. The van der Waals surface area contributed by atoms with Gasteiger partial charge in [0.2, 0.25) is 5.89 Å². The molecule has 0 radical (unpaired) electrons. The number of thiophene rings is 2. The number of aromatic nitrogens is 2. The standard InChI is InChI=1S/C14H15N3OS2/c1-10(17(2)9-11-5-3-7-19-11)13-15-16-14(18-13)12-6-4-8-20-12/h3-8,10H,9H2,1-2H3. The summed E-state index contributed by atoms with van der Waals surface area (Å²) < 4.78 is 5.78. The zero-order valence-corrected chi connectivity index (χ0v) is 12.9. The third-order valence-corrected chi connectivity index (χ3v) is 4.90. The summed E-state index contributed by atoms with van der Waals surface area (Å²) in [4.78, 5) is 4.55. The van der Waals surface area contributed by atoms with E-state index in [2.05, 4.69) is 46.6 Å². The van der Waals surface area contributed by atoms with E-state index in [1.165, 1.54) is 4.88 Å². The Hall–Kier alpha value is -1.50. The van der Waals surface area contributed by atoms with E-state index in [-0.39, 0.29) is 6.04 Å². The first-order valence-electron chi connectivity index (χ1n) is 6.34. The van der Waals surface area contributed by atoms with Crippen LogP contribution in [0.1, 0.15) is 23.7 Å². The van der Waals surface area contributed by atoms with E-state index in [0.717, 1.165) is 11.4 Å². The lowest BCUT2D eigenvalue weighted by atomic mass is 10.3. The van der Waals surface area contributed by atoms with Gasteiger partial charge in [-0.2, -0.15) is 0 Å². The van der Waals surface area contributed by atoms with Crippen molar-refractivity contribution >= 4 is 22.7 Å². The van der Waals surface area contributed by atoms with E-state index in [1.54, 1.807) is 22.7 Å². The highest BCUT2D eigenvalue weighted by Gasteiger charge is 2.19. The zero-order chi connectivity index (χ0) is 13.9. The van der Waals surface area contributed by atoms with Crippen molar-refractivity contribution in [2.24, 2.45) is 0 Å². The molecule has 1 atom stereocenters. The normalized spacial score (nSPS) is 12.9. The molecular formula is C14H15N3OS2. The van der Waals surface area contributed by atoms with Crippen LogP contribution >= 0.6 is 22.7 Å². The lowest BCUT2D eigenvalue weighted by Gasteiger charge is -2.20. The Bertz CT molecular complexity index is 646. The number of hydrogen-bond donors (Lipinski definition) is 0. The Morgan fingerprint density at radius 3 is 2.70 bits per heavy atom. The van der Waals surface area contributed by atoms with Crippen LogP contribution in [-0.4, -0.2) is 22.1 Å². The summed E-state index contributed by atoms with van der Waals surface area (Å²) in [7, 11) is 2.07. The molecule has 0 amide bonds. The monoisotopic (exact) mass is 305 g/mol. The topological polar surface area (TPSA) is 42.2 Å². The lowest BCUT2D eigenvalue weighted by molar-refractivity contribution is 0.220. The largest absolute Gasteiger partial charge is 0.418 e. The first-order chi connectivity index (χ1) is 9.74. The third-order valence-electron chi connectivity index (χ3n) is 3.18. The van der Waals surface area contributed by atoms with Crippen molar-refractivity contribution in [3.05, 3.63) is 45.8 Å². The minimum Gasteiger partial charge on any atom is -0.418 e. The molecule has 104 valence electrons. The van der Waals surface area contributed by atoms with Gasteiger partial charge in [-0.3, -0.25) is 4.90 Å². The molecule has 6 heteroatoms. The quantitative estimate of drug-likeness (QED) is 0.713. The summed E-state index contributed by atoms with van der Waals surface area (Å²) in [5.74, 6) is 1.26. The number of nitrogens with zero attached hydrogens (tertiary/aromatic N) is 3. The van der Waals surface area contributed by atoms with Crippen LogP contribution in [0, 0.1) is 0 Å². The molecule has 0 aliphatic heterocycles. The molecule has 3 aromatic heterocycles. The van der Waals surface area contributed by atoms with Gasteiger partial charge in [0, 0.05) is 11.4 Å². The predicted molar refractivity (Wildman–Crippen MR) is 81.8 cm³/mol. The molecule has 3 rings (SSSR count). The van der Waals surface area contributed by atoms with Crippen molar-refractivity contribution < 1.29 is 4.42 Å². The van der Waals surface area contributed by atoms with Gasteiger partial charge in [0.05, 0.1) is 10.9 Å². The smallest absolute Gasteiger partial charge is 0.257 e. The fourth-order valence-electron chi connectivity index (χ4n) is 1.88. The fraction of sp³-hybridized carbons (Fsp3) is 0.286. The van der Waals surface area contributed by atoms with Gasteiger partial charge in [0.15, 0.2) is 0 Å². The molecule has 0 bridgehead atoms. The van der Waals surface area contributed by atoms with E-state index in [9.17, 15) is 0 Å². The van der Waals surface area contributed by atoms with Crippen LogP contribution in [0.3, 0.4) is 0 Å². The molecule has 0 saturated heterocycles. The van der Waals surface area contributed by atoms with Crippen LogP contribution in [0.2, 0.25) is 0 Å². The van der Waals surface area contributed by atoms with Gasteiger partial charge in [-0.25, -0.2) is 0 Å². The van der Waals surface area contributed by atoms with Crippen molar-refractivity contribution in [3.8, 4) is 10.8 Å². The van der Waals surface area contributed by atoms with Crippen LogP contribution in [0.5, 0.6) is 0 Å². The van der Waals surface area contributed by atoms with Gasteiger partial charge in [0.25, 0.3) is 5.89 Å². The molecule has 3 aromatic rings. The molecule has 1 unspecified atom stereocenters. The van der Waals surface area contributed by atoms with E-state index >= 15 is 0 Å². The van der Waals surface area contributed by atoms with Crippen LogP contribution in [0.15, 0.2) is 39.4 Å². The summed E-state index contributed by atoms with van der Waals surface area (Å²) in [6.45, 7) is 2.97. The van der Waals surface area contributed by atoms with Crippen molar-refractivity contribution in [1.82, 2.24) is 15.1 Å². The van der Waals surface area contributed by atoms with Gasteiger partial charge in [0.1, 0.15) is 0 Å². The molecule has 4 nitrogen and oxygen atoms in total. The third kappa shape index (κ3) is 2.82.